The van der Waals surface area contributed by atoms with E-state index >= 15 is 0 Å². The summed E-state index contributed by atoms with van der Waals surface area (Å²) in [6.45, 7) is 4.11. The Kier molecular flexibility index (Phi) is 5.99. The van der Waals surface area contributed by atoms with Crippen molar-refractivity contribution < 1.29 is 23.5 Å². The van der Waals surface area contributed by atoms with Crippen LogP contribution in [0.3, 0.4) is 0 Å². The predicted molar refractivity (Wildman–Crippen MR) is 123 cm³/mol. The fourth-order valence-electron chi connectivity index (χ4n) is 3.65. The molecule has 4 aromatic rings. The predicted octanol–water partition coefficient (Wildman–Crippen LogP) is 4.35. The van der Waals surface area contributed by atoms with E-state index in [0.29, 0.717) is 16.8 Å². The maximum Gasteiger partial charge on any atom is 0.337 e. The van der Waals surface area contributed by atoms with Crippen LogP contribution >= 0.6 is 0 Å². The molecule has 0 atom stereocenters. The smallest absolute Gasteiger partial charge is 0.337 e. The van der Waals surface area contributed by atoms with Gasteiger partial charge in [0.25, 0.3) is 11.8 Å². The van der Waals surface area contributed by atoms with Crippen LogP contribution in [0.15, 0.2) is 59.2 Å². The van der Waals surface area contributed by atoms with E-state index in [1.165, 1.54) is 25.5 Å². The van der Waals surface area contributed by atoms with Gasteiger partial charge in [0.2, 0.25) is 0 Å². The molecule has 0 bridgehead atoms. The van der Waals surface area contributed by atoms with Gasteiger partial charge in [0.1, 0.15) is 0 Å². The van der Waals surface area contributed by atoms with Crippen molar-refractivity contribution in [3.05, 3.63) is 88.5 Å². The van der Waals surface area contributed by atoms with Crippen molar-refractivity contribution in [3.63, 3.8) is 0 Å². The van der Waals surface area contributed by atoms with Crippen LogP contribution in [0.5, 0.6) is 0 Å². The number of hydrogen-bond donors (Lipinski definition) is 3. The molecule has 0 unspecified atom stereocenters. The van der Waals surface area contributed by atoms with Crippen LogP contribution in [-0.2, 0) is 11.3 Å². The zero-order valence-corrected chi connectivity index (χ0v) is 18.4. The van der Waals surface area contributed by atoms with Crippen molar-refractivity contribution in [1.29, 1.82) is 0 Å². The van der Waals surface area contributed by atoms with Crippen molar-refractivity contribution in [2.45, 2.75) is 20.4 Å². The first-order valence-corrected chi connectivity index (χ1v) is 10.3. The van der Waals surface area contributed by atoms with Gasteiger partial charge in [-0.25, -0.2) is 4.79 Å². The Hall–Kier alpha value is -4.33. The van der Waals surface area contributed by atoms with Crippen molar-refractivity contribution in [2.24, 2.45) is 0 Å². The molecule has 0 aliphatic heterocycles. The molecular weight excluding hydrogens is 422 g/mol. The number of anilines is 1. The molecule has 0 saturated carbocycles. The molecular formula is C25H23N3O5. The topological polar surface area (TPSA) is 113 Å². The second-order valence-corrected chi connectivity index (χ2v) is 7.63. The third kappa shape index (κ3) is 4.50. The zero-order chi connectivity index (χ0) is 23.5. The van der Waals surface area contributed by atoms with Gasteiger partial charge in [-0.2, -0.15) is 0 Å². The Labute approximate surface area is 189 Å². The van der Waals surface area contributed by atoms with Crippen molar-refractivity contribution >= 4 is 34.4 Å². The highest BCUT2D eigenvalue weighted by molar-refractivity contribution is 6.07. The first kappa shape index (κ1) is 21.9. The minimum absolute atomic E-state index is 0.137. The van der Waals surface area contributed by atoms with Gasteiger partial charge in [0.15, 0.2) is 5.76 Å². The fraction of sp³-hybridized carbons (Fsp3) is 0.160. The molecule has 33 heavy (non-hydrogen) atoms. The molecule has 8 heteroatoms. The second kappa shape index (κ2) is 9.04. The molecule has 2 heterocycles. The van der Waals surface area contributed by atoms with Gasteiger partial charge in [0, 0.05) is 23.3 Å². The minimum atomic E-state index is -0.557. The van der Waals surface area contributed by atoms with Gasteiger partial charge in [-0.3, -0.25) is 9.59 Å². The molecule has 4 rings (SSSR count). The molecule has 0 aliphatic carbocycles. The number of methoxy groups -OCH3 is 1. The van der Waals surface area contributed by atoms with Crippen LogP contribution < -0.4 is 10.6 Å². The first-order chi connectivity index (χ1) is 15.9. The van der Waals surface area contributed by atoms with Crippen molar-refractivity contribution in [3.8, 4) is 0 Å². The molecule has 0 aliphatic rings. The number of carbonyl (C=O) groups excluding carboxylic acids is 3. The Morgan fingerprint density at radius 3 is 2.58 bits per heavy atom. The van der Waals surface area contributed by atoms with Gasteiger partial charge in [-0.05, 0) is 61.4 Å². The van der Waals surface area contributed by atoms with Crippen LogP contribution in [0.25, 0.3) is 10.9 Å². The minimum Gasteiger partial charge on any atom is -0.465 e. The van der Waals surface area contributed by atoms with E-state index in [-0.39, 0.29) is 23.8 Å². The summed E-state index contributed by atoms with van der Waals surface area (Å²) in [5, 5.41) is 6.58. The number of ether oxygens (including phenoxy) is 1. The lowest BCUT2D eigenvalue weighted by molar-refractivity contribution is 0.0600. The number of carbonyl (C=O) groups is 3. The third-order valence-corrected chi connectivity index (χ3v) is 5.46. The van der Waals surface area contributed by atoms with Crippen LogP contribution in [0.1, 0.15) is 48.1 Å². The van der Waals surface area contributed by atoms with E-state index < -0.39 is 11.9 Å². The number of H-pyrrole nitrogens is 1. The second-order valence-electron chi connectivity index (χ2n) is 7.63. The molecule has 2 aromatic carbocycles. The maximum absolute atomic E-state index is 12.9. The SMILES string of the molecule is COC(=O)c1cc(CNC(=O)c2cccc3c(C)c(C)[nH]c23)cc(NC(=O)c2ccco2)c1. The average molecular weight is 445 g/mol. The third-order valence-electron chi connectivity index (χ3n) is 5.46. The lowest BCUT2D eigenvalue weighted by Gasteiger charge is -2.11. The summed E-state index contributed by atoms with van der Waals surface area (Å²) in [7, 11) is 1.28. The van der Waals surface area contributed by atoms with Gasteiger partial charge in [-0.1, -0.05) is 12.1 Å². The first-order valence-electron chi connectivity index (χ1n) is 10.3. The highest BCUT2D eigenvalue weighted by Crippen LogP contribution is 2.24. The van der Waals surface area contributed by atoms with Gasteiger partial charge in [-0.15, -0.1) is 0 Å². The fourth-order valence-corrected chi connectivity index (χ4v) is 3.65. The molecule has 0 saturated heterocycles. The molecule has 0 spiro atoms. The Morgan fingerprint density at radius 1 is 1.03 bits per heavy atom. The number of esters is 1. The van der Waals surface area contributed by atoms with Crippen LogP contribution in [0, 0.1) is 13.8 Å². The molecule has 0 fully saturated rings. The Morgan fingerprint density at radius 2 is 1.85 bits per heavy atom. The summed E-state index contributed by atoms with van der Waals surface area (Å²) in [6, 6.07) is 13.5. The standard InChI is InChI=1S/C25H23N3O5/c1-14-15(2)27-22-19(14)6-4-7-20(22)23(29)26-13-16-10-17(25(31)32-3)12-18(11-16)28-24(30)21-8-5-9-33-21/h4-12,27H,13H2,1-3H3,(H,26,29)(H,28,30). The summed E-state index contributed by atoms with van der Waals surface area (Å²) >= 11 is 0. The van der Waals surface area contributed by atoms with Crippen LogP contribution in [0.2, 0.25) is 0 Å². The van der Waals surface area contributed by atoms with E-state index in [4.69, 9.17) is 9.15 Å². The monoisotopic (exact) mass is 445 g/mol. The number of aromatic amines is 1. The summed E-state index contributed by atoms with van der Waals surface area (Å²) in [4.78, 5) is 40.7. The van der Waals surface area contributed by atoms with E-state index in [1.54, 1.807) is 24.3 Å². The van der Waals surface area contributed by atoms with Crippen molar-refractivity contribution in [2.75, 3.05) is 12.4 Å². The molecule has 2 aromatic heterocycles. The molecule has 0 radical (unpaired) electrons. The van der Waals surface area contributed by atoms with Gasteiger partial charge >= 0.3 is 5.97 Å². The van der Waals surface area contributed by atoms with E-state index in [0.717, 1.165) is 22.2 Å². The number of benzene rings is 2. The van der Waals surface area contributed by atoms with E-state index in [2.05, 4.69) is 15.6 Å². The largest absolute Gasteiger partial charge is 0.465 e. The summed E-state index contributed by atoms with van der Waals surface area (Å²) in [5.74, 6) is -1.13. The quantitative estimate of drug-likeness (QED) is 0.382. The molecule has 2 amide bonds. The Bertz CT molecular complexity index is 1350. The number of rotatable bonds is 6. The van der Waals surface area contributed by atoms with Gasteiger partial charge in [0.05, 0.1) is 30.0 Å². The van der Waals surface area contributed by atoms with E-state index in [9.17, 15) is 14.4 Å². The Balaban J connectivity index is 1.57. The lowest BCUT2D eigenvalue weighted by Crippen LogP contribution is -2.23. The summed E-state index contributed by atoms with van der Waals surface area (Å²) < 4.78 is 9.92. The van der Waals surface area contributed by atoms with Crippen LogP contribution in [-0.4, -0.2) is 29.9 Å². The van der Waals surface area contributed by atoms with E-state index in [1.807, 2.05) is 26.0 Å². The number of amides is 2. The normalized spacial score (nSPS) is 10.8. The summed E-state index contributed by atoms with van der Waals surface area (Å²) in [5.41, 5.74) is 4.65. The number of hydrogen-bond acceptors (Lipinski definition) is 5. The maximum atomic E-state index is 12.9. The molecule has 3 N–H and O–H groups in total. The van der Waals surface area contributed by atoms with Crippen LogP contribution in [0.4, 0.5) is 5.69 Å². The lowest BCUT2D eigenvalue weighted by atomic mass is 10.1. The van der Waals surface area contributed by atoms with Gasteiger partial charge < -0.3 is 24.8 Å². The average Bonchev–Trinajstić information content (AvgIpc) is 3.45. The number of fused-ring (bicyclic) bond motifs is 1. The molecule has 8 nitrogen and oxygen atoms in total. The number of nitrogens with one attached hydrogen (secondary N) is 3. The molecule has 168 valence electrons. The highest BCUT2D eigenvalue weighted by atomic mass is 16.5. The number of para-hydroxylation sites is 1. The number of aryl methyl sites for hydroxylation is 2. The number of furan rings is 1. The highest BCUT2D eigenvalue weighted by Gasteiger charge is 2.16. The summed E-state index contributed by atoms with van der Waals surface area (Å²) in [6.07, 6.45) is 1.40. The number of aromatic nitrogens is 1. The van der Waals surface area contributed by atoms with Crippen molar-refractivity contribution in [1.82, 2.24) is 10.3 Å². The zero-order valence-electron chi connectivity index (χ0n) is 18.4.